The number of hydrogen-bond donors (Lipinski definition) is 2. The first-order chi connectivity index (χ1) is 11.8. The monoisotopic (exact) mass is 347 g/mol. The topological polar surface area (TPSA) is 93.4 Å². The molecule has 3 rings (SSSR count). The van der Waals surface area contributed by atoms with Gasteiger partial charge in [-0.1, -0.05) is 0 Å². The molecule has 7 nitrogen and oxygen atoms in total. The summed E-state index contributed by atoms with van der Waals surface area (Å²) < 4.78 is 5.19. The van der Waals surface area contributed by atoms with Crippen LogP contribution in [-0.4, -0.2) is 48.7 Å². The molecule has 1 saturated carbocycles. The predicted molar refractivity (Wildman–Crippen MR) is 97.2 cm³/mol. The number of anilines is 2. The summed E-state index contributed by atoms with van der Waals surface area (Å²) in [5.41, 5.74) is 6.13. The van der Waals surface area contributed by atoms with Gasteiger partial charge in [-0.05, 0) is 39.5 Å². The van der Waals surface area contributed by atoms with Gasteiger partial charge in [-0.3, -0.25) is 4.79 Å². The van der Waals surface area contributed by atoms with Crippen LogP contribution in [0.25, 0.3) is 0 Å². The normalized spacial score (nSPS) is 23.8. The molecule has 1 saturated heterocycles. The molecule has 0 bridgehead atoms. The van der Waals surface area contributed by atoms with Crippen LogP contribution in [0.3, 0.4) is 0 Å². The molecular formula is C18H29N5O2. The van der Waals surface area contributed by atoms with Crippen LogP contribution in [0.4, 0.5) is 11.8 Å². The first kappa shape index (κ1) is 17.9. The van der Waals surface area contributed by atoms with Gasteiger partial charge in [0.15, 0.2) is 0 Å². The molecule has 3 N–H and O–H groups in total. The first-order valence-corrected chi connectivity index (χ1v) is 8.96. The molecule has 0 spiro atoms. The van der Waals surface area contributed by atoms with E-state index < -0.39 is 5.41 Å². The number of carbonyl (C=O) groups excluding carboxylic acids is 1. The molecule has 1 aliphatic heterocycles. The van der Waals surface area contributed by atoms with Crippen LogP contribution >= 0.6 is 0 Å². The fourth-order valence-electron chi connectivity index (χ4n) is 3.70. The molecule has 2 fully saturated rings. The van der Waals surface area contributed by atoms with Crippen molar-refractivity contribution in [2.24, 2.45) is 17.3 Å². The maximum Gasteiger partial charge on any atom is 0.228 e. The number of rotatable bonds is 6. The lowest BCUT2D eigenvalue weighted by atomic mass is 9.91. The summed E-state index contributed by atoms with van der Waals surface area (Å²) in [6.07, 6.45) is 2.49. The Balaban J connectivity index is 1.74. The number of carbonyl (C=O) groups is 1. The van der Waals surface area contributed by atoms with E-state index in [0.29, 0.717) is 24.4 Å². The van der Waals surface area contributed by atoms with Crippen molar-refractivity contribution in [2.75, 3.05) is 37.4 Å². The number of nitrogens with two attached hydrogens (primary N) is 1. The Morgan fingerprint density at radius 2 is 2.12 bits per heavy atom. The van der Waals surface area contributed by atoms with Crippen LogP contribution in [0.1, 0.15) is 32.4 Å². The van der Waals surface area contributed by atoms with Crippen molar-refractivity contribution in [3.8, 4) is 0 Å². The van der Waals surface area contributed by atoms with E-state index in [-0.39, 0.29) is 11.9 Å². The van der Waals surface area contributed by atoms with Crippen molar-refractivity contribution in [1.29, 1.82) is 0 Å². The largest absolute Gasteiger partial charge is 0.384 e. The SMILES string of the molecule is COCC(C)(C)C(=O)N[C@@H]1CN(c2cc(C)nc(N)n2)C[C@H]1C1CC1. The van der Waals surface area contributed by atoms with Gasteiger partial charge in [0, 0.05) is 37.9 Å². The van der Waals surface area contributed by atoms with Crippen LogP contribution in [0.15, 0.2) is 6.07 Å². The lowest BCUT2D eigenvalue weighted by molar-refractivity contribution is -0.132. The van der Waals surface area contributed by atoms with E-state index in [2.05, 4.69) is 20.2 Å². The highest BCUT2D eigenvalue weighted by Crippen LogP contribution is 2.42. The number of ether oxygens (including phenoxy) is 1. The zero-order valence-corrected chi connectivity index (χ0v) is 15.6. The minimum atomic E-state index is -0.536. The van der Waals surface area contributed by atoms with Crippen molar-refractivity contribution in [2.45, 2.75) is 39.7 Å². The summed E-state index contributed by atoms with van der Waals surface area (Å²) in [6.45, 7) is 7.81. The number of hydrogen-bond acceptors (Lipinski definition) is 6. The smallest absolute Gasteiger partial charge is 0.228 e. The summed E-state index contributed by atoms with van der Waals surface area (Å²) in [5.74, 6) is 2.35. The second-order valence-electron chi connectivity index (χ2n) is 8.03. The molecule has 1 aliphatic carbocycles. The molecular weight excluding hydrogens is 318 g/mol. The van der Waals surface area contributed by atoms with Gasteiger partial charge >= 0.3 is 0 Å². The zero-order valence-electron chi connectivity index (χ0n) is 15.6. The molecule has 1 amide bonds. The molecule has 0 aromatic carbocycles. The Kier molecular flexibility index (Phi) is 4.86. The van der Waals surface area contributed by atoms with Crippen LogP contribution in [0, 0.1) is 24.2 Å². The molecule has 138 valence electrons. The van der Waals surface area contributed by atoms with Crippen LogP contribution in [-0.2, 0) is 9.53 Å². The fraction of sp³-hybridized carbons (Fsp3) is 0.722. The summed E-state index contributed by atoms with van der Waals surface area (Å²) in [4.78, 5) is 23.5. The lowest BCUT2D eigenvalue weighted by Crippen LogP contribution is -2.48. The number of amides is 1. The molecule has 1 aromatic heterocycles. The summed E-state index contributed by atoms with van der Waals surface area (Å²) in [6, 6.07) is 2.09. The Morgan fingerprint density at radius 3 is 2.72 bits per heavy atom. The number of aryl methyl sites for hydroxylation is 1. The molecule has 25 heavy (non-hydrogen) atoms. The van der Waals surface area contributed by atoms with Gasteiger partial charge < -0.3 is 20.7 Å². The fourth-order valence-corrected chi connectivity index (χ4v) is 3.70. The predicted octanol–water partition coefficient (Wildman–Crippen LogP) is 1.37. The van der Waals surface area contributed by atoms with Gasteiger partial charge in [0.1, 0.15) is 5.82 Å². The molecule has 2 atom stereocenters. The van der Waals surface area contributed by atoms with Gasteiger partial charge in [-0.25, -0.2) is 4.98 Å². The van der Waals surface area contributed by atoms with E-state index in [1.165, 1.54) is 12.8 Å². The third-order valence-electron chi connectivity index (χ3n) is 5.21. The number of nitrogens with zero attached hydrogens (tertiary/aromatic N) is 3. The van der Waals surface area contributed by atoms with Gasteiger partial charge in [0.05, 0.1) is 18.1 Å². The average Bonchev–Trinajstić information content (AvgIpc) is 3.27. The van der Waals surface area contributed by atoms with E-state index in [1.54, 1.807) is 7.11 Å². The Hall–Kier alpha value is -1.89. The minimum absolute atomic E-state index is 0.0465. The summed E-state index contributed by atoms with van der Waals surface area (Å²) in [7, 11) is 1.63. The average molecular weight is 347 g/mol. The molecule has 2 heterocycles. The molecule has 0 unspecified atom stereocenters. The molecule has 2 aliphatic rings. The van der Waals surface area contributed by atoms with Gasteiger partial charge in [-0.2, -0.15) is 4.98 Å². The minimum Gasteiger partial charge on any atom is -0.384 e. The van der Waals surface area contributed by atoms with Crippen molar-refractivity contribution >= 4 is 17.7 Å². The third kappa shape index (κ3) is 4.03. The van der Waals surface area contributed by atoms with Crippen molar-refractivity contribution in [3.05, 3.63) is 11.8 Å². The van der Waals surface area contributed by atoms with E-state index in [4.69, 9.17) is 10.5 Å². The number of nitrogen functional groups attached to an aromatic ring is 1. The Labute approximate surface area is 149 Å². The van der Waals surface area contributed by atoms with E-state index in [9.17, 15) is 4.79 Å². The molecule has 1 aromatic rings. The van der Waals surface area contributed by atoms with Crippen LogP contribution < -0.4 is 16.0 Å². The standard InChI is InChI=1S/C18H29N5O2/c1-11-7-15(22-17(19)20-11)23-8-13(12-5-6-12)14(9-23)21-16(24)18(2,3)10-25-4/h7,12-14H,5-6,8-10H2,1-4H3,(H,21,24)(H2,19,20,22)/t13-,14+/m0/s1. The maximum atomic E-state index is 12.7. The Bertz CT molecular complexity index is 624. The van der Waals surface area contributed by atoms with Gasteiger partial charge in [-0.15, -0.1) is 0 Å². The molecule has 0 radical (unpaired) electrons. The van der Waals surface area contributed by atoms with Gasteiger partial charge in [0.25, 0.3) is 0 Å². The summed E-state index contributed by atoms with van der Waals surface area (Å²) >= 11 is 0. The summed E-state index contributed by atoms with van der Waals surface area (Å²) in [5, 5.41) is 3.27. The number of nitrogens with one attached hydrogen (secondary N) is 1. The van der Waals surface area contributed by atoms with E-state index in [0.717, 1.165) is 24.6 Å². The second-order valence-corrected chi connectivity index (χ2v) is 8.03. The maximum absolute atomic E-state index is 12.7. The lowest BCUT2D eigenvalue weighted by Gasteiger charge is -2.27. The van der Waals surface area contributed by atoms with Crippen molar-refractivity contribution in [3.63, 3.8) is 0 Å². The van der Waals surface area contributed by atoms with Crippen LogP contribution in [0.5, 0.6) is 0 Å². The second kappa shape index (κ2) is 6.78. The quantitative estimate of drug-likeness (QED) is 0.807. The van der Waals surface area contributed by atoms with E-state index >= 15 is 0 Å². The first-order valence-electron chi connectivity index (χ1n) is 8.96. The number of methoxy groups -OCH3 is 1. The highest BCUT2D eigenvalue weighted by Gasteiger charge is 2.44. The number of aromatic nitrogens is 2. The highest BCUT2D eigenvalue weighted by molar-refractivity contribution is 5.82. The Morgan fingerprint density at radius 1 is 1.40 bits per heavy atom. The van der Waals surface area contributed by atoms with Crippen molar-refractivity contribution in [1.82, 2.24) is 15.3 Å². The third-order valence-corrected chi connectivity index (χ3v) is 5.21. The van der Waals surface area contributed by atoms with Crippen molar-refractivity contribution < 1.29 is 9.53 Å². The molecule has 7 heteroatoms. The zero-order chi connectivity index (χ0) is 18.2. The highest BCUT2D eigenvalue weighted by atomic mass is 16.5. The van der Waals surface area contributed by atoms with Gasteiger partial charge in [0.2, 0.25) is 11.9 Å². The van der Waals surface area contributed by atoms with Crippen LogP contribution in [0.2, 0.25) is 0 Å². The van der Waals surface area contributed by atoms with E-state index in [1.807, 2.05) is 26.8 Å².